The van der Waals surface area contributed by atoms with Gasteiger partial charge in [-0.05, 0) is 12.0 Å². The molecule has 20 heavy (non-hydrogen) atoms. The summed E-state index contributed by atoms with van der Waals surface area (Å²) < 4.78 is 5.07. The minimum atomic E-state index is -0.861. The molecular weight excluding hydrogens is 305 g/mol. The van der Waals surface area contributed by atoms with E-state index < -0.39 is 5.97 Å². The quantitative estimate of drug-likeness (QED) is 0.911. The van der Waals surface area contributed by atoms with Crippen LogP contribution in [0.5, 0.6) is 0 Å². The van der Waals surface area contributed by atoms with Gasteiger partial charge in [-0.3, -0.25) is 4.79 Å². The Balaban J connectivity index is 2.14. The molecule has 0 aliphatic heterocycles. The van der Waals surface area contributed by atoms with Gasteiger partial charge in [-0.2, -0.15) is 4.98 Å². The molecule has 0 aliphatic carbocycles. The van der Waals surface area contributed by atoms with Crippen molar-refractivity contribution in [3.63, 3.8) is 0 Å². The van der Waals surface area contributed by atoms with Crippen LogP contribution in [0.25, 0.3) is 11.5 Å². The highest BCUT2D eigenvalue weighted by molar-refractivity contribution is 6.35. The second-order valence-corrected chi connectivity index (χ2v) is 5.25. The Morgan fingerprint density at radius 3 is 2.90 bits per heavy atom. The number of rotatable bonds is 5. The molecule has 2 heterocycles. The fraction of sp³-hybridized carbons (Fsp3) is 0.333. The van der Waals surface area contributed by atoms with Crippen LogP contribution in [0.1, 0.15) is 19.2 Å². The number of pyridine rings is 1. The number of aromatic nitrogens is 3. The van der Waals surface area contributed by atoms with Crippen LogP contribution < -0.4 is 0 Å². The molecule has 0 spiro atoms. The second-order valence-electron chi connectivity index (χ2n) is 4.40. The summed E-state index contributed by atoms with van der Waals surface area (Å²) in [5.74, 6) is -0.361. The Labute approximate surface area is 124 Å². The standard InChI is InChI=1S/C12H11Cl2N3O3/c1-6(3-10(18)19)2-9-16-12(17-20-9)11-8(14)4-7(13)5-15-11/h4-6H,2-3H2,1H3,(H,18,19). The number of nitrogens with zero attached hydrogens (tertiary/aromatic N) is 3. The highest BCUT2D eigenvalue weighted by Crippen LogP contribution is 2.26. The molecule has 0 radical (unpaired) electrons. The Hall–Kier alpha value is -1.66. The van der Waals surface area contributed by atoms with Gasteiger partial charge in [-0.15, -0.1) is 0 Å². The molecule has 0 bridgehead atoms. The van der Waals surface area contributed by atoms with E-state index in [2.05, 4.69) is 15.1 Å². The van der Waals surface area contributed by atoms with Crippen molar-refractivity contribution in [3.05, 3.63) is 28.2 Å². The normalized spacial score (nSPS) is 12.3. The fourth-order valence-corrected chi connectivity index (χ4v) is 2.15. The van der Waals surface area contributed by atoms with Crippen LogP contribution >= 0.6 is 23.2 Å². The fourth-order valence-electron chi connectivity index (χ4n) is 1.68. The van der Waals surface area contributed by atoms with Gasteiger partial charge < -0.3 is 9.63 Å². The Morgan fingerprint density at radius 2 is 2.25 bits per heavy atom. The SMILES string of the molecule is CC(CC(=O)O)Cc1nc(-c2ncc(Cl)cc2Cl)no1. The number of carboxylic acids is 1. The molecule has 0 aromatic carbocycles. The van der Waals surface area contributed by atoms with Crippen molar-refractivity contribution in [1.29, 1.82) is 0 Å². The van der Waals surface area contributed by atoms with Gasteiger partial charge in [-0.1, -0.05) is 35.3 Å². The van der Waals surface area contributed by atoms with Crippen LogP contribution in [-0.2, 0) is 11.2 Å². The molecule has 8 heteroatoms. The summed E-state index contributed by atoms with van der Waals surface area (Å²) in [6.07, 6.45) is 1.86. The van der Waals surface area contributed by atoms with Crippen molar-refractivity contribution in [3.8, 4) is 11.5 Å². The van der Waals surface area contributed by atoms with E-state index in [9.17, 15) is 4.79 Å². The number of carbonyl (C=O) groups is 1. The Morgan fingerprint density at radius 1 is 1.50 bits per heavy atom. The molecule has 2 aromatic heterocycles. The van der Waals surface area contributed by atoms with Gasteiger partial charge in [0.1, 0.15) is 5.69 Å². The van der Waals surface area contributed by atoms with E-state index in [4.69, 9.17) is 32.8 Å². The third-order valence-corrected chi connectivity index (χ3v) is 3.03. The van der Waals surface area contributed by atoms with E-state index in [0.717, 1.165) is 0 Å². The van der Waals surface area contributed by atoms with Gasteiger partial charge in [0.05, 0.1) is 10.0 Å². The van der Waals surface area contributed by atoms with E-state index >= 15 is 0 Å². The van der Waals surface area contributed by atoms with Crippen LogP contribution in [0, 0.1) is 5.92 Å². The number of hydrogen-bond donors (Lipinski definition) is 1. The molecule has 0 aliphatic rings. The molecule has 1 atom stereocenters. The lowest BCUT2D eigenvalue weighted by atomic mass is 10.0. The van der Waals surface area contributed by atoms with Gasteiger partial charge >= 0.3 is 5.97 Å². The van der Waals surface area contributed by atoms with Gasteiger partial charge in [0, 0.05) is 19.0 Å². The molecule has 106 valence electrons. The number of halogens is 2. The third-order valence-electron chi connectivity index (χ3n) is 2.53. The van der Waals surface area contributed by atoms with Crippen LogP contribution in [0.4, 0.5) is 0 Å². The maximum Gasteiger partial charge on any atom is 0.303 e. The number of aliphatic carboxylic acids is 1. The maximum absolute atomic E-state index is 10.6. The smallest absolute Gasteiger partial charge is 0.303 e. The summed E-state index contributed by atoms with van der Waals surface area (Å²) in [6.45, 7) is 1.80. The molecule has 1 unspecified atom stereocenters. The summed E-state index contributed by atoms with van der Waals surface area (Å²) in [7, 11) is 0. The first-order valence-corrected chi connectivity index (χ1v) is 6.57. The van der Waals surface area contributed by atoms with Crippen molar-refractivity contribution in [2.45, 2.75) is 19.8 Å². The first-order chi connectivity index (χ1) is 9.45. The van der Waals surface area contributed by atoms with E-state index in [1.165, 1.54) is 12.3 Å². The first kappa shape index (κ1) is 14.7. The van der Waals surface area contributed by atoms with Crippen LogP contribution in [0.2, 0.25) is 10.0 Å². The van der Waals surface area contributed by atoms with E-state index in [-0.39, 0.29) is 18.2 Å². The predicted octanol–water partition coefficient (Wildman–Crippen LogP) is 3.09. The molecule has 1 N–H and O–H groups in total. The lowest BCUT2D eigenvalue weighted by Gasteiger charge is -2.03. The largest absolute Gasteiger partial charge is 0.481 e. The molecular formula is C12H11Cl2N3O3. The van der Waals surface area contributed by atoms with Crippen molar-refractivity contribution < 1.29 is 14.4 Å². The molecule has 0 fully saturated rings. The minimum absolute atomic E-state index is 0.0393. The zero-order chi connectivity index (χ0) is 14.7. The number of carboxylic acid groups (broad SMARTS) is 1. The average molecular weight is 316 g/mol. The molecule has 6 nitrogen and oxygen atoms in total. The number of hydrogen-bond acceptors (Lipinski definition) is 5. The van der Waals surface area contributed by atoms with Crippen molar-refractivity contribution >= 4 is 29.2 Å². The van der Waals surface area contributed by atoms with Crippen LogP contribution in [0.3, 0.4) is 0 Å². The molecule has 0 saturated carbocycles. The second kappa shape index (κ2) is 6.19. The lowest BCUT2D eigenvalue weighted by Crippen LogP contribution is -2.07. The lowest BCUT2D eigenvalue weighted by molar-refractivity contribution is -0.137. The van der Waals surface area contributed by atoms with Gasteiger partial charge in [-0.25, -0.2) is 4.98 Å². The molecule has 0 amide bonds. The molecule has 0 saturated heterocycles. The van der Waals surface area contributed by atoms with Gasteiger partial charge in [0.15, 0.2) is 0 Å². The third kappa shape index (κ3) is 3.68. The summed E-state index contributed by atoms with van der Waals surface area (Å²) in [4.78, 5) is 18.8. The minimum Gasteiger partial charge on any atom is -0.481 e. The Kier molecular flexibility index (Phi) is 4.57. The molecule has 2 aromatic rings. The topological polar surface area (TPSA) is 89.1 Å². The zero-order valence-electron chi connectivity index (χ0n) is 10.5. The van der Waals surface area contributed by atoms with Crippen molar-refractivity contribution in [2.75, 3.05) is 0 Å². The highest BCUT2D eigenvalue weighted by atomic mass is 35.5. The first-order valence-electron chi connectivity index (χ1n) is 5.81. The van der Waals surface area contributed by atoms with E-state index in [0.29, 0.717) is 28.1 Å². The van der Waals surface area contributed by atoms with E-state index in [1.807, 2.05) is 0 Å². The summed E-state index contributed by atoms with van der Waals surface area (Å²) >= 11 is 11.8. The maximum atomic E-state index is 10.6. The summed E-state index contributed by atoms with van der Waals surface area (Å²) in [5.41, 5.74) is 0.372. The van der Waals surface area contributed by atoms with Gasteiger partial charge in [0.2, 0.25) is 11.7 Å². The zero-order valence-corrected chi connectivity index (χ0v) is 12.0. The summed E-state index contributed by atoms with van der Waals surface area (Å²) in [6, 6.07) is 1.54. The monoisotopic (exact) mass is 315 g/mol. The molecule has 2 rings (SSSR count). The van der Waals surface area contributed by atoms with Crippen LogP contribution in [-0.4, -0.2) is 26.2 Å². The summed E-state index contributed by atoms with van der Waals surface area (Å²) in [5, 5.41) is 13.2. The van der Waals surface area contributed by atoms with Gasteiger partial charge in [0.25, 0.3) is 0 Å². The average Bonchev–Trinajstić information content (AvgIpc) is 2.75. The van der Waals surface area contributed by atoms with Crippen LogP contribution in [0.15, 0.2) is 16.8 Å². The Bertz CT molecular complexity index is 630. The highest BCUT2D eigenvalue weighted by Gasteiger charge is 2.16. The van der Waals surface area contributed by atoms with E-state index in [1.54, 1.807) is 6.92 Å². The van der Waals surface area contributed by atoms with Crippen molar-refractivity contribution in [2.24, 2.45) is 5.92 Å². The predicted molar refractivity (Wildman–Crippen MR) is 72.7 cm³/mol. The van der Waals surface area contributed by atoms with Crippen molar-refractivity contribution in [1.82, 2.24) is 15.1 Å².